The minimum atomic E-state index is -1.45. The van der Waals surface area contributed by atoms with E-state index in [1.807, 2.05) is 84.6 Å². The van der Waals surface area contributed by atoms with Gasteiger partial charge in [0.05, 0.1) is 47.2 Å². The number of cyclic esters (lactones) is 1. The maximum absolute atomic E-state index is 15.5. The van der Waals surface area contributed by atoms with Crippen molar-refractivity contribution >= 4 is 17.7 Å². The number of pyridine rings is 1. The molecule has 1 unspecified atom stereocenters. The molecule has 0 aromatic carbocycles. The predicted molar refractivity (Wildman–Crippen MR) is 253 cm³/mol. The molecular formula is C52H76N4O14. The van der Waals surface area contributed by atoms with Gasteiger partial charge >= 0.3 is 11.9 Å². The summed E-state index contributed by atoms with van der Waals surface area (Å²) in [4.78, 5) is 52.6. The average molecular weight is 981 g/mol. The minimum absolute atomic E-state index is 0.0555. The molecule has 0 saturated carbocycles. The van der Waals surface area contributed by atoms with Gasteiger partial charge in [0.1, 0.15) is 42.4 Å². The molecule has 388 valence electrons. The second kappa shape index (κ2) is 20.9. The molecule has 2 N–H and O–H groups in total. The molecule has 0 aliphatic carbocycles. The van der Waals surface area contributed by atoms with E-state index in [0.717, 1.165) is 0 Å². The number of nitrogens with zero attached hydrogens (tertiary/aromatic N) is 4. The van der Waals surface area contributed by atoms with Crippen molar-refractivity contribution in [3.63, 3.8) is 0 Å². The van der Waals surface area contributed by atoms with Gasteiger partial charge in [0.25, 0.3) is 0 Å². The Hall–Kier alpha value is -3.87. The predicted octanol–water partition coefficient (Wildman–Crippen LogP) is 4.42. The Balaban J connectivity index is 1.36. The van der Waals surface area contributed by atoms with Crippen molar-refractivity contribution in [3.8, 4) is 23.2 Å². The Bertz CT molecular complexity index is 2240. The van der Waals surface area contributed by atoms with Crippen LogP contribution in [-0.2, 0) is 52.3 Å². The topological polar surface area (TPSA) is 211 Å². The summed E-state index contributed by atoms with van der Waals surface area (Å²) < 4.78 is 58.1. The summed E-state index contributed by atoms with van der Waals surface area (Å²) in [7, 11) is 7.09. The summed E-state index contributed by atoms with van der Waals surface area (Å²) in [5, 5.41) is 27.4. The van der Waals surface area contributed by atoms with Gasteiger partial charge in [-0.25, -0.2) is 0 Å². The third kappa shape index (κ3) is 10.2. The summed E-state index contributed by atoms with van der Waals surface area (Å²) in [6.07, 6.45) is -5.87. The summed E-state index contributed by atoms with van der Waals surface area (Å²) in [6, 6.07) is 6.04. The molecule has 5 saturated heterocycles. The molecule has 19 atom stereocenters. The van der Waals surface area contributed by atoms with E-state index in [0.29, 0.717) is 17.8 Å². The first-order valence-electron chi connectivity index (χ1n) is 24.8. The standard InChI is InChI=1S/C52H76N4O14/c1-15-37-52(10)42-39(47(61)69-52)56(13)27-49(42,7)43(58)28(2)25-51(9,63-22-18-19-33-24-35(54-70-33)34-20-16-17-21-53-34)45(68-48-40(57)36(55(11)12)23-29(3)64-48)30(4)41(31(5)46(60)66-37)67-38-26-50(8,62-14)44(59)32(6)65-38/h16-17,20-21,24,28-32,36-42,44-45,48,57,59H,15,22-23,25-27H2,1-14H3/t28-,29-,30-,31-,32+,36+,37-,38+,39-,40-,41?,42-,44+,45-,48+,49-,50-,51+,52-/m1/s1. The lowest BCUT2D eigenvalue weighted by molar-refractivity contribution is -0.320. The SMILES string of the molecule is CC[C@H]1OC(=O)[C@H](C)C(O[C@H]2C[C@@](C)(OC)[C@@H](O)[C@H](C)O2)[C@@H](C)[C@@H](O[C@@H]2O[C@H](C)C[C@H](N(C)C)[C@H]2O)[C@@](C)(OCC#Cc2cc(-c3ccccn3)no2)C[C@@H](C)C(=O)[C@]2(C)CN(C)[C@H]3C(=O)O[C@@]1(C)[C@H]32. The van der Waals surface area contributed by atoms with Gasteiger partial charge in [-0.15, -0.1) is 0 Å². The number of aliphatic hydroxyl groups excluding tert-OH is 2. The molecule has 70 heavy (non-hydrogen) atoms. The van der Waals surface area contributed by atoms with Gasteiger partial charge in [-0.05, 0) is 100 Å². The van der Waals surface area contributed by atoms with Crippen LogP contribution in [0.2, 0.25) is 0 Å². The number of aliphatic hydroxyl groups is 2. The molecule has 5 fully saturated rings. The van der Waals surface area contributed by atoms with E-state index in [2.05, 4.69) is 22.0 Å². The summed E-state index contributed by atoms with van der Waals surface area (Å²) in [5.41, 5.74) is -3.93. The monoisotopic (exact) mass is 981 g/mol. The smallest absolute Gasteiger partial charge is 0.324 e. The van der Waals surface area contributed by atoms with Crippen molar-refractivity contribution in [3.05, 3.63) is 36.2 Å². The van der Waals surface area contributed by atoms with Crippen molar-refractivity contribution in [2.75, 3.05) is 41.4 Å². The molecule has 2 aromatic heterocycles. The number of ether oxygens (including phenoxy) is 8. The quantitative estimate of drug-likeness (QED) is 0.249. The third-order valence-corrected chi connectivity index (χ3v) is 16.2. The number of ketones is 1. The Kier molecular flexibility index (Phi) is 16.1. The lowest BCUT2D eigenvalue weighted by Crippen LogP contribution is -2.61. The number of Topliss-reactive ketones (excluding diaryl/α,β-unsaturated/α-hetero) is 1. The van der Waals surface area contributed by atoms with Crippen molar-refractivity contribution in [1.82, 2.24) is 19.9 Å². The van der Waals surface area contributed by atoms with E-state index in [9.17, 15) is 15.0 Å². The number of aromatic nitrogens is 2. The number of carbonyl (C=O) groups is 3. The van der Waals surface area contributed by atoms with Crippen LogP contribution in [0.15, 0.2) is 35.0 Å². The summed E-state index contributed by atoms with van der Waals surface area (Å²) in [5.74, 6) is 1.81. The molecule has 5 aliphatic heterocycles. The lowest BCUT2D eigenvalue weighted by Gasteiger charge is -2.50. The Morgan fingerprint density at radius 1 is 0.957 bits per heavy atom. The molecule has 7 heterocycles. The van der Waals surface area contributed by atoms with Crippen molar-refractivity contribution in [1.29, 1.82) is 0 Å². The van der Waals surface area contributed by atoms with Crippen LogP contribution in [0, 0.1) is 40.9 Å². The molecule has 18 nitrogen and oxygen atoms in total. The lowest BCUT2D eigenvalue weighted by atomic mass is 9.62. The second-order valence-corrected chi connectivity index (χ2v) is 21.7. The van der Waals surface area contributed by atoms with E-state index < -0.39 is 113 Å². The van der Waals surface area contributed by atoms with E-state index >= 15 is 9.59 Å². The fourth-order valence-electron chi connectivity index (χ4n) is 12.5. The van der Waals surface area contributed by atoms with Crippen molar-refractivity contribution in [2.24, 2.45) is 29.1 Å². The number of methoxy groups -OCH3 is 1. The minimum Gasteiger partial charge on any atom is -0.458 e. The first-order valence-corrected chi connectivity index (χ1v) is 24.8. The molecule has 5 aliphatic rings. The van der Waals surface area contributed by atoms with Gasteiger partial charge in [0, 0.05) is 61.5 Å². The molecule has 0 radical (unpaired) electrons. The van der Waals surface area contributed by atoms with Crippen molar-refractivity contribution < 1.29 is 67.0 Å². The number of esters is 2. The third-order valence-electron chi connectivity index (χ3n) is 16.2. The molecule has 0 spiro atoms. The molecule has 0 bridgehead atoms. The van der Waals surface area contributed by atoms with E-state index in [4.69, 9.17) is 42.4 Å². The Labute approximate surface area is 412 Å². The van der Waals surface area contributed by atoms with Crippen molar-refractivity contribution in [2.45, 2.75) is 179 Å². The highest BCUT2D eigenvalue weighted by Crippen LogP contribution is 2.56. The largest absolute Gasteiger partial charge is 0.458 e. The number of likely N-dealkylation sites (N-methyl/N-ethyl adjacent to an activating group) is 2. The summed E-state index contributed by atoms with van der Waals surface area (Å²) in [6.45, 7) is 18.2. The van der Waals surface area contributed by atoms with E-state index in [-0.39, 0.29) is 56.1 Å². The van der Waals surface area contributed by atoms with Crippen LogP contribution < -0.4 is 0 Å². The molecule has 7 rings (SSSR count). The number of hydrogen-bond donors (Lipinski definition) is 2. The van der Waals surface area contributed by atoms with Gasteiger partial charge in [-0.2, -0.15) is 0 Å². The molecule has 2 aromatic rings. The number of rotatable bonds is 10. The van der Waals surface area contributed by atoms with Gasteiger partial charge in [0.15, 0.2) is 18.2 Å². The maximum Gasteiger partial charge on any atom is 0.324 e. The fourth-order valence-corrected chi connectivity index (χ4v) is 12.5. The van der Waals surface area contributed by atoms with Crippen LogP contribution in [0.4, 0.5) is 0 Å². The zero-order chi connectivity index (χ0) is 51.2. The average Bonchev–Trinajstić information content (AvgIpc) is 4.00. The first-order chi connectivity index (χ1) is 32.9. The number of hydrogen-bond acceptors (Lipinski definition) is 18. The van der Waals surface area contributed by atoms with Crippen LogP contribution in [0.25, 0.3) is 11.4 Å². The van der Waals surface area contributed by atoms with Crippen LogP contribution in [-0.4, -0.2) is 173 Å². The zero-order valence-corrected chi connectivity index (χ0v) is 43.4. The highest BCUT2D eigenvalue weighted by Gasteiger charge is 2.71. The van der Waals surface area contributed by atoms with Gasteiger partial charge < -0.3 is 57.5 Å². The van der Waals surface area contributed by atoms with Gasteiger partial charge in [0.2, 0.25) is 5.76 Å². The van der Waals surface area contributed by atoms with Gasteiger partial charge in [-0.1, -0.05) is 44.8 Å². The van der Waals surface area contributed by atoms with Crippen LogP contribution in [0.3, 0.4) is 0 Å². The fraction of sp³-hybridized carbons (Fsp3) is 0.750. The highest BCUT2D eigenvalue weighted by atomic mass is 16.7. The normalized spacial score (nSPS) is 42.9. The first kappa shape index (κ1) is 53.9. The molecule has 18 heteroatoms. The van der Waals surface area contributed by atoms with Crippen LogP contribution >= 0.6 is 0 Å². The van der Waals surface area contributed by atoms with E-state index in [1.165, 1.54) is 7.11 Å². The van der Waals surface area contributed by atoms with Crippen LogP contribution in [0.1, 0.15) is 101 Å². The van der Waals surface area contributed by atoms with Crippen LogP contribution in [0.5, 0.6) is 0 Å². The number of likely N-dealkylation sites (tertiary alicyclic amines) is 1. The zero-order valence-electron chi connectivity index (χ0n) is 43.4. The number of carbonyl (C=O) groups excluding carboxylic acids is 3. The van der Waals surface area contributed by atoms with E-state index in [1.54, 1.807) is 46.0 Å². The summed E-state index contributed by atoms with van der Waals surface area (Å²) >= 11 is 0. The second-order valence-electron chi connectivity index (χ2n) is 21.7. The molecular weight excluding hydrogens is 905 g/mol. The maximum atomic E-state index is 15.5. The highest BCUT2D eigenvalue weighted by molar-refractivity contribution is 5.91. The Morgan fingerprint density at radius 3 is 2.34 bits per heavy atom. The Morgan fingerprint density at radius 2 is 1.69 bits per heavy atom. The van der Waals surface area contributed by atoms with Gasteiger partial charge in [-0.3, -0.25) is 24.3 Å². The molecule has 0 amide bonds.